The zero-order chi connectivity index (χ0) is 11.3. The Balaban J connectivity index is 0. The van der Waals surface area contributed by atoms with Gasteiger partial charge in [0.1, 0.15) is 0 Å². The first-order valence-electron chi connectivity index (χ1n) is 5.10. The third-order valence-electron chi connectivity index (χ3n) is 2.29. The summed E-state index contributed by atoms with van der Waals surface area (Å²) in [6, 6.07) is 6.38. The number of rotatable bonds is 5. The van der Waals surface area contributed by atoms with Crippen LogP contribution in [-0.2, 0) is 16.5 Å². The molecule has 0 spiro atoms. The van der Waals surface area contributed by atoms with E-state index in [1.165, 1.54) is 25.0 Å². The molecular weight excluding hydrogens is 251 g/mol. The summed E-state index contributed by atoms with van der Waals surface area (Å²) in [5.74, 6) is 0. The van der Waals surface area contributed by atoms with Gasteiger partial charge >= 0.3 is 51.4 Å². The van der Waals surface area contributed by atoms with Crippen molar-refractivity contribution in [2.75, 3.05) is 0 Å². The number of aryl methyl sites for hydroxylation is 1. The Hall–Kier alpha value is 0.766. The minimum atomic E-state index is -4.04. The first-order chi connectivity index (χ1) is 7.04. The monoisotopic (exact) mass is 268 g/mol. The van der Waals surface area contributed by atoms with E-state index in [2.05, 4.69) is 6.92 Å². The molecule has 0 aliphatic carbocycles. The van der Waals surface area contributed by atoms with Crippen LogP contribution in [-0.4, -0.2) is 13.0 Å². The van der Waals surface area contributed by atoms with Crippen LogP contribution < -0.4 is 51.4 Å². The predicted octanol–water partition coefficient (Wildman–Crippen LogP) is -0.217. The van der Waals surface area contributed by atoms with Crippen molar-refractivity contribution in [2.45, 2.75) is 37.5 Å². The minimum Gasteiger partial charge on any atom is -1.00 e. The molecule has 0 saturated heterocycles. The molecule has 0 aliphatic heterocycles. The van der Waals surface area contributed by atoms with Crippen molar-refractivity contribution in [3.05, 3.63) is 29.8 Å². The van der Waals surface area contributed by atoms with Gasteiger partial charge in [-0.05, 0) is 30.5 Å². The fraction of sp³-hybridized carbons (Fsp3) is 0.455. The molecule has 0 atom stereocenters. The average molecular weight is 268 g/mol. The molecule has 1 aromatic rings. The van der Waals surface area contributed by atoms with E-state index in [1.54, 1.807) is 12.1 Å². The quantitative estimate of drug-likeness (QED) is 0.456. The zero-order valence-electron chi connectivity index (χ0n) is 10.8. The summed E-state index contributed by atoms with van der Waals surface area (Å²) >= 11 is 0. The van der Waals surface area contributed by atoms with Crippen LogP contribution >= 0.6 is 0 Å². The van der Waals surface area contributed by atoms with Gasteiger partial charge in [-0.25, -0.2) is 0 Å². The van der Waals surface area contributed by atoms with Crippen LogP contribution in [0.15, 0.2) is 29.2 Å². The normalized spacial score (nSPS) is 10.9. The maximum Gasteiger partial charge on any atom is 1.00 e. The summed E-state index contributed by atoms with van der Waals surface area (Å²) in [5, 5.41) is 0. The van der Waals surface area contributed by atoms with E-state index in [0.29, 0.717) is 0 Å². The van der Waals surface area contributed by atoms with Crippen LogP contribution in [0.5, 0.6) is 0 Å². The third-order valence-corrected chi connectivity index (χ3v) is 3.16. The number of unbranched alkanes of at least 4 members (excludes halogenated alkanes) is 2. The Morgan fingerprint density at radius 1 is 1.19 bits per heavy atom. The standard InChI is InChI=1S/C11H16O3S.K.H/c1-2-3-4-5-10-6-8-11(9-7-10)15(12,13)14;;/h6-9H,2-5H2,1H3,(H,12,13,14);;/q;+1;-1. The van der Waals surface area contributed by atoms with E-state index in [9.17, 15) is 8.42 Å². The summed E-state index contributed by atoms with van der Waals surface area (Å²) in [6.45, 7) is 2.14. The Morgan fingerprint density at radius 3 is 2.19 bits per heavy atom. The molecule has 0 amide bonds. The van der Waals surface area contributed by atoms with Gasteiger partial charge in [0.15, 0.2) is 0 Å². The van der Waals surface area contributed by atoms with E-state index >= 15 is 0 Å². The topological polar surface area (TPSA) is 54.4 Å². The fourth-order valence-corrected chi connectivity index (χ4v) is 1.89. The van der Waals surface area contributed by atoms with Crippen molar-refractivity contribution in [3.8, 4) is 0 Å². The van der Waals surface area contributed by atoms with Gasteiger partial charge in [-0.1, -0.05) is 31.9 Å². The van der Waals surface area contributed by atoms with Gasteiger partial charge in [-0.3, -0.25) is 4.55 Å². The molecule has 16 heavy (non-hydrogen) atoms. The molecule has 0 bridgehead atoms. The number of hydrogen-bond donors (Lipinski definition) is 1. The van der Waals surface area contributed by atoms with E-state index < -0.39 is 10.1 Å². The summed E-state index contributed by atoms with van der Waals surface area (Å²) in [7, 11) is -4.04. The molecule has 0 aliphatic rings. The van der Waals surface area contributed by atoms with Gasteiger partial charge in [-0.2, -0.15) is 8.42 Å². The number of hydrogen-bond acceptors (Lipinski definition) is 2. The zero-order valence-corrected chi connectivity index (χ0v) is 13.7. The Labute approximate surface area is 141 Å². The summed E-state index contributed by atoms with van der Waals surface area (Å²) < 4.78 is 30.3. The largest absolute Gasteiger partial charge is 1.00 e. The summed E-state index contributed by atoms with van der Waals surface area (Å²) in [6.07, 6.45) is 4.42. The molecular formula is C11H17KO3S. The van der Waals surface area contributed by atoms with Crippen molar-refractivity contribution in [1.82, 2.24) is 0 Å². The van der Waals surface area contributed by atoms with E-state index in [1.807, 2.05) is 0 Å². The molecule has 3 nitrogen and oxygen atoms in total. The third kappa shape index (κ3) is 5.91. The van der Waals surface area contributed by atoms with Crippen molar-refractivity contribution in [1.29, 1.82) is 0 Å². The van der Waals surface area contributed by atoms with Crippen LogP contribution in [0.3, 0.4) is 0 Å². The number of benzene rings is 1. The summed E-state index contributed by atoms with van der Waals surface area (Å²) in [4.78, 5) is -0.0401. The molecule has 86 valence electrons. The summed E-state index contributed by atoms with van der Waals surface area (Å²) in [5.41, 5.74) is 1.11. The maximum atomic E-state index is 10.8. The molecule has 0 saturated carbocycles. The predicted molar refractivity (Wildman–Crippen MR) is 60.6 cm³/mol. The first kappa shape index (κ1) is 16.8. The van der Waals surface area contributed by atoms with Crippen LogP contribution in [0.1, 0.15) is 33.2 Å². The van der Waals surface area contributed by atoms with Crippen LogP contribution in [0, 0.1) is 0 Å². The smallest absolute Gasteiger partial charge is 1.00 e. The second-order valence-corrected chi connectivity index (χ2v) is 5.00. The van der Waals surface area contributed by atoms with Gasteiger partial charge in [0.25, 0.3) is 10.1 Å². The Morgan fingerprint density at radius 2 is 1.75 bits per heavy atom. The molecule has 0 fully saturated rings. The van der Waals surface area contributed by atoms with Gasteiger partial charge in [0.2, 0.25) is 0 Å². The van der Waals surface area contributed by atoms with Crippen LogP contribution in [0.2, 0.25) is 0 Å². The minimum absolute atomic E-state index is 0. The van der Waals surface area contributed by atoms with Crippen molar-refractivity contribution < 1.29 is 65.8 Å². The maximum absolute atomic E-state index is 10.8. The molecule has 1 aromatic carbocycles. The molecule has 1 rings (SSSR count). The van der Waals surface area contributed by atoms with Gasteiger partial charge in [0, 0.05) is 0 Å². The van der Waals surface area contributed by atoms with Crippen molar-refractivity contribution in [2.24, 2.45) is 0 Å². The van der Waals surface area contributed by atoms with Crippen LogP contribution in [0.4, 0.5) is 0 Å². The van der Waals surface area contributed by atoms with E-state index in [-0.39, 0.29) is 57.7 Å². The average Bonchev–Trinajstić information content (AvgIpc) is 2.18. The van der Waals surface area contributed by atoms with Gasteiger partial charge < -0.3 is 1.43 Å². The second-order valence-electron chi connectivity index (χ2n) is 3.58. The molecule has 1 N–H and O–H groups in total. The van der Waals surface area contributed by atoms with Crippen molar-refractivity contribution >= 4 is 10.1 Å². The van der Waals surface area contributed by atoms with E-state index in [4.69, 9.17) is 4.55 Å². The Bertz CT molecular complexity index is 403. The molecule has 0 unspecified atom stereocenters. The molecule has 0 radical (unpaired) electrons. The van der Waals surface area contributed by atoms with Crippen LogP contribution in [0.25, 0.3) is 0 Å². The fourth-order valence-electron chi connectivity index (χ4n) is 1.41. The second kappa shape index (κ2) is 7.97. The molecule has 5 heteroatoms. The van der Waals surface area contributed by atoms with Gasteiger partial charge in [0.05, 0.1) is 4.90 Å². The molecule has 0 heterocycles. The first-order valence-corrected chi connectivity index (χ1v) is 6.54. The van der Waals surface area contributed by atoms with E-state index in [0.717, 1.165) is 18.4 Å². The molecule has 0 aromatic heterocycles. The Kier molecular flexibility index (Phi) is 8.35. The van der Waals surface area contributed by atoms with Crippen molar-refractivity contribution in [3.63, 3.8) is 0 Å². The van der Waals surface area contributed by atoms with Gasteiger partial charge in [-0.15, -0.1) is 0 Å². The SMILES string of the molecule is CCCCCc1ccc(S(=O)(=O)O)cc1.[H-].[K+].